The molecule has 1 fully saturated rings. The Morgan fingerprint density at radius 2 is 2.17 bits per heavy atom. The number of rotatable bonds is 5. The number of urea groups is 1. The smallest absolute Gasteiger partial charge is 0.329 e. The van der Waals surface area contributed by atoms with Crippen molar-refractivity contribution in [2.24, 2.45) is 5.92 Å². The maximum absolute atomic E-state index is 12.0. The van der Waals surface area contributed by atoms with E-state index in [1.807, 2.05) is 6.92 Å². The van der Waals surface area contributed by atoms with Crippen LogP contribution in [-0.2, 0) is 4.79 Å². The highest BCUT2D eigenvalue weighted by molar-refractivity contribution is 5.86. The lowest BCUT2D eigenvalue weighted by molar-refractivity contribution is -0.144. The highest BCUT2D eigenvalue weighted by Crippen LogP contribution is 2.18. The first-order valence-corrected chi connectivity index (χ1v) is 6.34. The van der Waals surface area contributed by atoms with Crippen LogP contribution in [0.4, 0.5) is 4.79 Å². The minimum absolute atomic E-state index is 0.0644. The van der Waals surface area contributed by atoms with E-state index >= 15 is 0 Å². The minimum Gasteiger partial charge on any atom is -0.480 e. The standard InChI is InChI=1S/C12H22N2O4/c1-3-5-12(2,10(16)17)13-11(18)14-6-4-9(7-14)8-15/h9,15H,3-8H2,1-2H3,(H,13,18)(H,16,17). The summed E-state index contributed by atoms with van der Waals surface area (Å²) in [5.74, 6) is -0.909. The quantitative estimate of drug-likeness (QED) is 0.675. The molecule has 1 aliphatic rings. The number of aliphatic hydroxyl groups is 1. The van der Waals surface area contributed by atoms with Gasteiger partial charge >= 0.3 is 12.0 Å². The predicted octanol–water partition coefficient (Wildman–Crippen LogP) is 0.654. The van der Waals surface area contributed by atoms with E-state index in [0.717, 1.165) is 6.42 Å². The van der Waals surface area contributed by atoms with Crippen LogP contribution < -0.4 is 5.32 Å². The second-order valence-electron chi connectivity index (χ2n) is 5.10. The Bertz CT molecular complexity index is 321. The van der Waals surface area contributed by atoms with Crippen LogP contribution in [0.15, 0.2) is 0 Å². The molecular weight excluding hydrogens is 236 g/mol. The van der Waals surface area contributed by atoms with Crippen LogP contribution in [0.3, 0.4) is 0 Å². The molecule has 0 aromatic carbocycles. The Hall–Kier alpha value is -1.30. The van der Waals surface area contributed by atoms with Gasteiger partial charge in [0.15, 0.2) is 0 Å². The number of carboxylic acid groups (broad SMARTS) is 1. The number of carboxylic acids is 1. The second kappa shape index (κ2) is 6.04. The summed E-state index contributed by atoms with van der Waals surface area (Å²) >= 11 is 0. The minimum atomic E-state index is -1.22. The van der Waals surface area contributed by atoms with Crippen molar-refractivity contribution in [1.29, 1.82) is 0 Å². The summed E-state index contributed by atoms with van der Waals surface area (Å²) in [5.41, 5.74) is -1.22. The van der Waals surface area contributed by atoms with Crippen molar-refractivity contribution in [2.45, 2.75) is 38.6 Å². The third kappa shape index (κ3) is 3.35. The SMILES string of the molecule is CCCC(C)(NC(=O)N1CCC(CO)C1)C(=O)O. The predicted molar refractivity (Wildman–Crippen MR) is 66.2 cm³/mol. The molecule has 6 heteroatoms. The van der Waals surface area contributed by atoms with Crippen LogP contribution in [0.2, 0.25) is 0 Å². The van der Waals surface area contributed by atoms with Gasteiger partial charge in [0, 0.05) is 25.6 Å². The van der Waals surface area contributed by atoms with Crippen LogP contribution in [0.1, 0.15) is 33.1 Å². The zero-order chi connectivity index (χ0) is 13.8. The zero-order valence-corrected chi connectivity index (χ0v) is 11.0. The van der Waals surface area contributed by atoms with Gasteiger partial charge in [0.1, 0.15) is 5.54 Å². The number of hydrogen-bond donors (Lipinski definition) is 3. The Balaban J connectivity index is 2.60. The first-order chi connectivity index (χ1) is 8.42. The third-order valence-corrected chi connectivity index (χ3v) is 3.44. The van der Waals surface area contributed by atoms with E-state index in [1.54, 1.807) is 4.90 Å². The lowest BCUT2D eigenvalue weighted by atomic mass is 9.96. The Kier molecular flexibility index (Phi) is 4.95. The van der Waals surface area contributed by atoms with Crippen LogP contribution >= 0.6 is 0 Å². The number of amides is 2. The first-order valence-electron chi connectivity index (χ1n) is 6.34. The van der Waals surface area contributed by atoms with Crippen LogP contribution in [0, 0.1) is 5.92 Å². The molecule has 1 aliphatic heterocycles. The lowest BCUT2D eigenvalue weighted by Gasteiger charge is -2.28. The average molecular weight is 258 g/mol. The molecule has 1 rings (SSSR count). The maximum Gasteiger partial charge on any atom is 0.329 e. The number of carbonyl (C=O) groups is 2. The van der Waals surface area contributed by atoms with Crippen molar-refractivity contribution >= 4 is 12.0 Å². The van der Waals surface area contributed by atoms with Gasteiger partial charge in [0.05, 0.1) is 0 Å². The van der Waals surface area contributed by atoms with Crippen LogP contribution in [0.5, 0.6) is 0 Å². The Labute approximate surface area is 107 Å². The van der Waals surface area contributed by atoms with Gasteiger partial charge in [-0.15, -0.1) is 0 Å². The van der Waals surface area contributed by atoms with E-state index in [-0.39, 0.29) is 18.6 Å². The Morgan fingerprint density at radius 1 is 1.50 bits per heavy atom. The van der Waals surface area contributed by atoms with Crippen molar-refractivity contribution in [3.63, 3.8) is 0 Å². The average Bonchev–Trinajstić information content (AvgIpc) is 2.77. The van der Waals surface area contributed by atoms with Gasteiger partial charge in [-0.25, -0.2) is 9.59 Å². The number of hydrogen-bond acceptors (Lipinski definition) is 3. The van der Waals surface area contributed by atoms with E-state index in [2.05, 4.69) is 5.32 Å². The largest absolute Gasteiger partial charge is 0.480 e. The molecule has 1 saturated heterocycles. The first kappa shape index (κ1) is 14.8. The highest BCUT2D eigenvalue weighted by atomic mass is 16.4. The molecule has 2 atom stereocenters. The summed E-state index contributed by atoms with van der Waals surface area (Å²) in [5, 5.41) is 20.8. The molecule has 0 saturated carbocycles. The molecule has 104 valence electrons. The summed E-state index contributed by atoms with van der Waals surface area (Å²) in [6.45, 7) is 4.53. The molecule has 0 radical (unpaired) electrons. The van der Waals surface area contributed by atoms with Gasteiger partial charge in [-0.3, -0.25) is 0 Å². The summed E-state index contributed by atoms with van der Waals surface area (Å²) in [6, 6.07) is -0.357. The molecule has 18 heavy (non-hydrogen) atoms. The summed E-state index contributed by atoms with van der Waals surface area (Å²) in [6.07, 6.45) is 1.84. The summed E-state index contributed by atoms with van der Waals surface area (Å²) < 4.78 is 0. The van der Waals surface area contributed by atoms with Crippen LogP contribution in [-0.4, -0.2) is 52.3 Å². The molecule has 1 heterocycles. The fourth-order valence-electron chi connectivity index (χ4n) is 2.20. The fraction of sp³-hybridized carbons (Fsp3) is 0.833. The van der Waals surface area contributed by atoms with Crippen molar-refractivity contribution in [3.8, 4) is 0 Å². The molecule has 6 nitrogen and oxygen atoms in total. The van der Waals surface area contributed by atoms with E-state index in [1.165, 1.54) is 6.92 Å². The maximum atomic E-state index is 12.0. The molecule has 0 spiro atoms. The molecule has 0 bridgehead atoms. The van der Waals surface area contributed by atoms with Crippen molar-refractivity contribution < 1.29 is 19.8 Å². The highest BCUT2D eigenvalue weighted by Gasteiger charge is 2.36. The van der Waals surface area contributed by atoms with Gasteiger partial charge in [-0.2, -0.15) is 0 Å². The van der Waals surface area contributed by atoms with Crippen molar-refractivity contribution in [3.05, 3.63) is 0 Å². The van der Waals surface area contributed by atoms with Crippen molar-refractivity contribution in [2.75, 3.05) is 19.7 Å². The molecule has 0 aromatic rings. The number of aliphatic hydroxyl groups excluding tert-OH is 1. The number of carbonyl (C=O) groups excluding carboxylic acids is 1. The van der Waals surface area contributed by atoms with E-state index < -0.39 is 11.5 Å². The van der Waals surface area contributed by atoms with Gasteiger partial charge in [-0.1, -0.05) is 13.3 Å². The van der Waals surface area contributed by atoms with E-state index in [0.29, 0.717) is 25.9 Å². The number of nitrogens with zero attached hydrogens (tertiary/aromatic N) is 1. The molecule has 0 aromatic heterocycles. The van der Waals surface area contributed by atoms with Crippen LogP contribution in [0.25, 0.3) is 0 Å². The molecule has 2 amide bonds. The van der Waals surface area contributed by atoms with E-state index in [4.69, 9.17) is 5.11 Å². The second-order valence-corrected chi connectivity index (χ2v) is 5.10. The summed E-state index contributed by atoms with van der Waals surface area (Å²) in [7, 11) is 0. The number of nitrogens with one attached hydrogen (secondary N) is 1. The monoisotopic (exact) mass is 258 g/mol. The molecular formula is C12H22N2O4. The van der Waals surface area contributed by atoms with Gasteiger partial charge in [0.25, 0.3) is 0 Å². The molecule has 2 unspecified atom stereocenters. The zero-order valence-electron chi connectivity index (χ0n) is 11.0. The number of aliphatic carboxylic acids is 1. The topological polar surface area (TPSA) is 89.9 Å². The van der Waals surface area contributed by atoms with Gasteiger partial charge in [-0.05, 0) is 19.8 Å². The lowest BCUT2D eigenvalue weighted by Crippen LogP contribution is -2.55. The Morgan fingerprint density at radius 3 is 2.61 bits per heavy atom. The summed E-state index contributed by atoms with van der Waals surface area (Å²) in [4.78, 5) is 24.7. The number of likely N-dealkylation sites (tertiary alicyclic amines) is 1. The molecule has 0 aliphatic carbocycles. The fourth-order valence-corrected chi connectivity index (χ4v) is 2.20. The van der Waals surface area contributed by atoms with Gasteiger partial charge in [0.2, 0.25) is 0 Å². The third-order valence-electron chi connectivity index (χ3n) is 3.44. The molecule has 3 N–H and O–H groups in total. The normalized spacial score (nSPS) is 22.6. The van der Waals surface area contributed by atoms with Crippen molar-refractivity contribution in [1.82, 2.24) is 10.2 Å². The van der Waals surface area contributed by atoms with E-state index in [9.17, 15) is 14.7 Å². The van der Waals surface area contributed by atoms with Gasteiger partial charge < -0.3 is 20.4 Å².